The van der Waals surface area contributed by atoms with Crippen molar-refractivity contribution in [1.82, 2.24) is 20.4 Å². The number of rotatable bonds is 8. The Morgan fingerprint density at radius 3 is 2.84 bits per heavy atom. The number of methoxy groups -OCH3 is 1. The van der Waals surface area contributed by atoms with Gasteiger partial charge in [-0.25, -0.2) is 4.39 Å². The Morgan fingerprint density at radius 1 is 1.28 bits per heavy atom. The van der Waals surface area contributed by atoms with Crippen molar-refractivity contribution < 1.29 is 18.7 Å². The van der Waals surface area contributed by atoms with Crippen molar-refractivity contribution in [1.29, 1.82) is 0 Å². The maximum Gasteiger partial charge on any atom is 0.222 e. The van der Waals surface area contributed by atoms with Crippen LogP contribution in [0.1, 0.15) is 61.0 Å². The summed E-state index contributed by atoms with van der Waals surface area (Å²) in [5, 5.41) is 10.7. The quantitative estimate of drug-likeness (QED) is 0.658. The maximum atomic E-state index is 13.8. The predicted octanol–water partition coefficient (Wildman–Crippen LogP) is 3.07. The fourth-order valence-corrected chi connectivity index (χ4v) is 4.92. The molecule has 1 aliphatic carbocycles. The lowest BCUT2D eigenvalue weighted by Gasteiger charge is -2.30. The molecule has 8 heteroatoms. The summed E-state index contributed by atoms with van der Waals surface area (Å²) in [5.41, 5.74) is 3.78. The highest BCUT2D eigenvalue weighted by atomic mass is 19.1. The van der Waals surface area contributed by atoms with Gasteiger partial charge < -0.3 is 15.0 Å². The number of aryl methyl sites for hydroxylation is 1. The van der Waals surface area contributed by atoms with Crippen molar-refractivity contribution in [3.05, 3.63) is 46.5 Å². The molecule has 1 aromatic heterocycles. The molecule has 1 atom stereocenters. The number of hydrogen-bond donors (Lipinski definition) is 2. The van der Waals surface area contributed by atoms with Crippen molar-refractivity contribution in [2.24, 2.45) is 0 Å². The zero-order chi connectivity index (χ0) is 22.7. The van der Waals surface area contributed by atoms with Gasteiger partial charge in [0.2, 0.25) is 11.8 Å². The van der Waals surface area contributed by atoms with Gasteiger partial charge in [-0.2, -0.15) is 5.10 Å². The molecule has 1 aliphatic heterocycles. The van der Waals surface area contributed by atoms with E-state index in [4.69, 9.17) is 4.74 Å². The molecule has 2 N–H and O–H groups in total. The summed E-state index contributed by atoms with van der Waals surface area (Å²) in [6.45, 7) is 0.485. The summed E-state index contributed by atoms with van der Waals surface area (Å²) in [5.74, 6) is -0.226. The molecule has 4 rings (SSSR count). The number of amides is 2. The summed E-state index contributed by atoms with van der Waals surface area (Å²) >= 11 is 0. The van der Waals surface area contributed by atoms with Crippen LogP contribution >= 0.6 is 0 Å². The molecule has 7 nitrogen and oxygen atoms in total. The van der Waals surface area contributed by atoms with Gasteiger partial charge in [0.25, 0.3) is 0 Å². The molecular formula is C24H31FN4O3. The first-order valence-electron chi connectivity index (χ1n) is 11.3. The number of aromatic nitrogens is 2. The Balaban J connectivity index is 1.40. The molecule has 0 saturated carbocycles. The van der Waals surface area contributed by atoms with Crippen molar-refractivity contribution in [2.45, 2.75) is 69.9 Å². The lowest BCUT2D eigenvalue weighted by atomic mass is 9.84. The number of nitrogens with one attached hydrogen (secondary N) is 2. The minimum absolute atomic E-state index is 0.0111. The van der Waals surface area contributed by atoms with E-state index in [1.54, 1.807) is 24.1 Å². The van der Waals surface area contributed by atoms with Crippen LogP contribution in [-0.2, 0) is 35.4 Å². The number of carbonyl (C=O) groups is 2. The molecule has 32 heavy (non-hydrogen) atoms. The van der Waals surface area contributed by atoms with Gasteiger partial charge in [-0.05, 0) is 68.2 Å². The van der Waals surface area contributed by atoms with Gasteiger partial charge in [-0.1, -0.05) is 6.07 Å². The third-order valence-electron chi connectivity index (χ3n) is 6.77. The van der Waals surface area contributed by atoms with Gasteiger partial charge in [-0.3, -0.25) is 14.7 Å². The Kier molecular flexibility index (Phi) is 6.48. The molecule has 0 spiro atoms. The van der Waals surface area contributed by atoms with E-state index in [-0.39, 0.29) is 17.6 Å². The van der Waals surface area contributed by atoms with Crippen LogP contribution in [0.4, 0.5) is 4.39 Å². The van der Waals surface area contributed by atoms with Crippen LogP contribution < -0.4 is 10.1 Å². The summed E-state index contributed by atoms with van der Waals surface area (Å²) in [4.78, 5) is 26.7. The number of benzene rings is 1. The highest BCUT2D eigenvalue weighted by Gasteiger charge is 2.38. The Labute approximate surface area is 187 Å². The van der Waals surface area contributed by atoms with E-state index in [9.17, 15) is 14.0 Å². The lowest BCUT2D eigenvalue weighted by Crippen LogP contribution is -2.44. The number of nitrogens with zero attached hydrogens (tertiary/aromatic N) is 2. The van der Waals surface area contributed by atoms with E-state index < -0.39 is 11.4 Å². The van der Waals surface area contributed by atoms with Crippen LogP contribution in [0.25, 0.3) is 0 Å². The molecule has 0 bridgehead atoms. The minimum Gasteiger partial charge on any atom is -0.494 e. The van der Waals surface area contributed by atoms with Crippen LogP contribution in [0, 0.1) is 5.82 Å². The minimum atomic E-state index is -0.512. The number of halogens is 1. The van der Waals surface area contributed by atoms with E-state index in [1.807, 2.05) is 0 Å². The fraction of sp³-hybridized carbons (Fsp3) is 0.542. The third-order valence-corrected chi connectivity index (χ3v) is 6.77. The van der Waals surface area contributed by atoms with E-state index >= 15 is 0 Å². The van der Waals surface area contributed by atoms with Crippen LogP contribution in [0.15, 0.2) is 18.2 Å². The number of carbonyl (C=O) groups excluding carboxylic acids is 2. The molecule has 2 aromatic rings. The van der Waals surface area contributed by atoms with E-state index in [2.05, 4.69) is 15.5 Å². The van der Waals surface area contributed by atoms with Gasteiger partial charge >= 0.3 is 0 Å². The first kappa shape index (κ1) is 22.3. The smallest absolute Gasteiger partial charge is 0.222 e. The number of ether oxygens (including phenoxy) is 1. The average Bonchev–Trinajstić information content (AvgIpc) is 3.37. The van der Waals surface area contributed by atoms with E-state index in [0.29, 0.717) is 38.6 Å². The summed E-state index contributed by atoms with van der Waals surface area (Å²) in [7, 11) is 3.23. The molecule has 2 aliphatic rings. The largest absolute Gasteiger partial charge is 0.494 e. The molecule has 2 amide bonds. The van der Waals surface area contributed by atoms with Crippen molar-refractivity contribution >= 4 is 11.8 Å². The van der Waals surface area contributed by atoms with Crippen LogP contribution in [-0.4, -0.2) is 46.6 Å². The summed E-state index contributed by atoms with van der Waals surface area (Å²) < 4.78 is 18.9. The molecule has 1 aromatic carbocycles. The molecule has 1 fully saturated rings. The molecule has 0 radical (unpaired) electrons. The molecular weight excluding hydrogens is 411 g/mol. The monoisotopic (exact) mass is 442 g/mol. The highest BCUT2D eigenvalue weighted by molar-refractivity contribution is 5.80. The second-order valence-electron chi connectivity index (χ2n) is 9.06. The Hall–Kier alpha value is -2.90. The Morgan fingerprint density at radius 2 is 2.09 bits per heavy atom. The average molecular weight is 443 g/mol. The molecule has 1 unspecified atom stereocenters. The molecule has 1 saturated heterocycles. The summed E-state index contributed by atoms with van der Waals surface area (Å²) in [6.07, 6.45) is 6.83. The van der Waals surface area contributed by atoms with Gasteiger partial charge in [0.05, 0.1) is 19.3 Å². The SMILES string of the molecule is COc1cc(CC2(CCC(=O)N(C)Cc3n[nH]c4c3CCCC4)CCC(=O)N2)ccc1F. The van der Waals surface area contributed by atoms with Gasteiger partial charge in [0.1, 0.15) is 0 Å². The second kappa shape index (κ2) is 9.30. The molecule has 2 heterocycles. The second-order valence-corrected chi connectivity index (χ2v) is 9.06. The topological polar surface area (TPSA) is 87.3 Å². The van der Waals surface area contributed by atoms with E-state index in [1.165, 1.54) is 30.9 Å². The number of H-pyrrole nitrogens is 1. The Bertz CT molecular complexity index is 1010. The molecule has 172 valence electrons. The van der Waals surface area contributed by atoms with Crippen molar-refractivity contribution in [2.75, 3.05) is 14.2 Å². The standard InChI is InChI=1S/C24H31FN4O3/c1-29(15-20-17-5-3-4-6-19(17)27-28-20)23(31)10-12-24(11-9-22(30)26-24)14-16-7-8-18(25)21(13-16)32-2/h7-8,13H,3-6,9-12,14-15H2,1-2H3,(H,26,30)(H,27,28). The first-order chi connectivity index (χ1) is 15.4. The highest BCUT2D eigenvalue weighted by Crippen LogP contribution is 2.31. The van der Waals surface area contributed by atoms with Crippen molar-refractivity contribution in [3.8, 4) is 5.75 Å². The third kappa shape index (κ3) is 4.79. The maximum absolute atomic E-state index is 13.8. The van der Waals surface area contributed by atoms with Crippen LogP contribution in [0.3, 0.4) is 0 Å². The van der Waals surface area contributed by atoms with Crippen molar-refractivity contribution in [3.63, 3.8) is 0 Å². The normalized spacial score (nSPS) is 20.0. The number of fused-ring (bicyclic) bond motifs is 1. The lowest BCUT2D eigenvalue weighted by molar-refractivity contribution is -0.131. The van der Waals surface area contributed by atoms with Crippen LogP contribution in [0.5, 0.6) is 5.75 Å². The van der Waals surface area contributed by atoms with E-state index in [0.717, 1.165) is 30.5 Å². The number of aromatic amines is 1. The summed E-state index contributed by atoms with van der Waals surface area (Å²) in [6, 6.07) is 4.75. The zero-order valence-electron chi connectivity index (χ0n) is 18.8. The zero-order valence-corrected chi connectivity index (χ0v) is 18.8. The number of hydrogen-bond acceptors (Lipinski definition) is 4. The predicted molar refractivity (Wildman–Crippen MR) is 118 cm³/mol. The first-order valence-corrected chi connectivity index (χ1v) is 11.3. The van der Waals surface area contributed by atoms with Crippen LogP contribution in [0.2, 0.25) is 0 Å². The van der Waals surface area contributed by atoms with Gasteiger partial charge in [0, 0.05) is 31.1 Å². The van der Waals surface area contributed by atoms with Gasteiger partial charge in [-0.15, -0.1) is 0 Å². The van der Waals surface area contributed by atoms with Gasteiger partial charge in [0.15, 0.2) is 11.6 Å². The fourth-order valence-electron chi connectivity index (χ4n) is 4.92.